The lowest BCUT2D eigenvalue weighted by atomic mass is 9.87. The van der Waals surface area contributed by atoms with Crippen molar-refractivity contribution in [1.82, 2.24) is 9.55 Å². The highest BCUT2D eigenvalue weighted by atomic mass is 31.3. The Morgan fingerprint density at radius 3 is 2.49 bits per heavy atom. The number of aromatic nitrogens is 2. The third-order valence-electron chi connectivity index (χ3n) is 7.41. The molecule has 1 aromatic heterocycles. The minimum atomic E-state index is -5.23. The molecule has 9 unspecified atom stereocenters. The van der Waals surface area contributed by atoms with Gasteiger partial charge in [-0.15, -0.1) is 0 Å². The topological polar surface area (TPSA) is 222 Å². The van der Waals surface area contributed by atoms with Crippen molar-refractivity contribution in [2.45, 2.75) is 75.5 Å². The Hall–Kier alpha value is -2.49. The van der Waals surface area contributed by atoms with Crippen LogP contribution in [0.3, 0.4) is 0 Å². The number of carboxylic acid groups (broad SMARTS) is 1. The molecule has 2 saturated heterocycles. The van der Waals surface area contributed by atoms with Gasteiger partial charge in [0.25, 0.3) is 5.56 Å². The maximum absolute atomic E-state index is 12.6. The highest BCUT2D eigenvalue weighted by molar-refractivity contribution is 7.61. The number of benzene rings is 1. The first-order valence-corrected chi connectivity index (χ1v) is 16.6. The number of H-pyrrole nitrogens is 1. The van der Waals surface area contributed by atoms with Gasteiger partial charge in [0.1, 0.15) is 18.3 Å². The largest absolute Gasteiger partial charge is 0.481 e. The summed E-state index contributed by atoms with van der Waals surface area (Å²) in [4.78, 5) is 57.8. The number of carbonyl (C=O) groups is 1. The Bertz CT molecular complexity index is 1500. The maximum atomic E-state index is 12.6. The molecule has 3 aliphatic rings. The number of hydrogen-bond acceptors (Lipinski definition) is 11. The van der Waals surface area contributed by atoms with Crippen LogP contribution in [0, 0.1) is 5.92 Å². The van der Waals surface area contributed by atoms with E-state index in [1.807, 2.05) is 30.3 Å². The van der Waals surface area contributed by atoms with Gasteiger partial charge in [0.05, 0.1) is 18.6 Å². The number of carboxylic acids is 1. The van der Waals surface area contributed by atoms with Gasteiger partial charge in [-0.2, -0.15) is 4.31 Å². The fourth-order valence-corrected chi connectivity index (χ4v) is 7.73. The van der Waals surface area contributed by atoms with E-state index in [1.54, 1.807) is 0 Å². The van der Waals surface area contributed by atoms with E-state index in [-0.39, 0.29) is 12.8 Å². The predicted octanol–water partition coefficient (Wildman–Crippen LogP) is 2.07. The van der Waals surface area contributed by atoms with Crippen molar-refractivity contribution in [2.75, 3.05) is 6.61 Å². The summed E-state index contributed by atoms with van der Waals surface area (Å²) in [5, 5.41) is 9.21. The van der Waals surface area contributed by atoms with Crippen molar-refractivity contribution >= 4 is 21.6 Å². The third-order valence-corrected chi connectivity index (χ3v) is 10.1. The summed E-state index contributed by atoms with van der Waals surface area (Å²) in [5.41, 5.74) is -0.366. The highest BCUT2D eigenvalue weighted by Gasteiger charge is 2.54. The molecular weight excluding hydrogens is 614 g/mol. The summed E-state index contributed by atoms with van der Waals surface area (Å²) in [7, 11) is -10.4. The molecule has 236 valence electrons. The number of phosphoric acid groups is 2. The second-order valence-electron chi connectivity index (χ2n) is 10.5. The standard InChI is InChI=1S/C25H32N2O14P2/c28-19-11-12-27(25(31)26-19)23-22-21(38-20(39-22)10-9-15-5-2-1-3-6-15)18(37-23)14-36-42(32,33)41-43(34,35)40-17-8-4-7-16(13-17)24(29)30/h1-3,5-6,11-12,16-18,20-23H,4,7-10,13-14H2,(H,29,30)(H,32,33)(H,34,35)(H,26,28,31). The quantitative estimate of drug-likeness (QED) is 0.243. The molecule has 0 spiro atoms. The lowest BCUT2D eigenvalue weighted by molar-refractivity contribution is -0.153. The average Bonchev–Trinajstić information content (AvgIpc) is 3.50. The number of aromatic amines is 1. The normalized spacial score (nSPS) is 31.6. The number of aliphatic carboxylic acids is 1. The molecule has 2 aliphatic heterocycles. The van der Waals surface area contributed by atoms with Crippen molar-refractivity contribution in [1.29, 1.82) is 0 Å². The molecule has 43 heavy (non-hydrogen) atoms. The van der Waals surface area contributed by atoms with E-state index in [4.69, 9.17) is 23.3 Å². The van der Waals surface area contributed by atoms with Gasteiger partial charge >= 0.3 is 27.3 Å². The molecule has 0 bridgehead atoms. The molecule has 1 saturated carbocycles. The Balaban J connectivity index is 1.24. The first-order chi connectivity index (χ1) is 20.4. The zero-order chi connectivity index (χ0) is 30.8. The lowest BCUT2D eigenvalue weighted by Crippen LogP contribution is -2.36. The lowest BCUT2D eigenvalue weighted by Gasteiger charge is -2.28. The van der Waals surface area contributed by atoms with Gasteiger partial charge in [0, 0.05) is 18.7 Å². The van der Waals surface area contributed by atoms with Crippen molar-refractivity contribution in [2.24, 2.45) is 5.92 Å². The zero-order valence-electron chi connectivity index (χ0n) is 22.7. The maximum Gasteiger partial charge on any atom is 0.481 e. The first-order valence-electron chi connectivity index (χ1n) is 13.6. The Morgan fingerprint density at radius 2 is 1.77 bits per heavy atom. The molecule has 2 aromatic rings. The summed E-state index contributed by atoms with van der Waals surface area (Å²) in [6.45, 7) is -0.678. The zero-order valence-corrected chi connectivity index (χ0v) is 24.5. The first kappa shape index (κ1) is 31.9. The third kappa shape index (κ3) is 8.17. The van der Waals surface area contributed by atoms with Crippen LogP contribution in [-0.2, 0) is 47.9 Å². The highest BCUT2D eigenvalue weighted by Crippen LogP contribution is 2.62. The number of rotatable bonds is 12. The van der Waals surface area contributed by atoms with Gasteiger partial charge in [-0.3, -0.25) is 28.2 Å². The molecule has 9 atom stereocenters. The van der Waals surface area contributed by atoms with Gasteiger partial charge in [-0.1, -0.05) is 30.3 Å². The number of hydrogen-bond donors (Lipinski definition) is 4. The van der Waals surface area contributed by atoms with Crippen LogP contribution in [0.2, 0.25) is 0 Å². The van der Waals surface area contributed by atoms with Crippen LogP contribution in [0.4, 0.5) is 0 Å². The van der Waals surface area contributed by atoms with Crippen molar-refractivity contribution in [3.05, 3.63) is 69.0 Å². The Labute approximate surface area is 244 Å². The second kappa shape index (κ2) is 13.2. The second-order valence-corrected chi connectivity index (χ2v) is 13.5. The van der Waals surface area contributed by atoms with E-state index < -0.39 is 82.3 Å². The van der Waals surface area contributed by atoms with Gasteiger partial charge in [-0.05, 0) is 37.7 Å². The monoisotopic (exact) mass is 646 g/mol. The smallest absolute Gasteiger partial charge is 0.481 e. The summed E-state index contributed by atoms with van der Waals surface area (Å²) in [6.07, 6.45) is -2.42. The van der Waals surface area contributed by atoms with Gasteiger partial charge in [0.2, 0.25) is 0 Å². The molecule has 16 nitrogen and oxygen atoms in total. The van der Waals surface area contributed by atoms with Gasteiger partial charge in [-0.25, -0.2) is 13.9 Å². The number of nitrogens with zero attached hydrogens (tertiary/aromatic N) is 1. The van der Waals surface area contributed by atoms with Crippen molar-refractivity contribution in [3.8, 4) is 0 Å². The fraction of sp³-hybridized carbons (Fsp3) is 0.560. The van der Waals surface area contributed by atoms with E-state index >= 15 is 0 Å². The van der Waals surface area contributed by atoms with E-state index in [9.17, 15) is 38.4 Å². The van der Waals surface area contributed by atoms with Gasteiger partial charge < -0.3 is 29.1 Å². The minimum Gasteiger partial charge on any atom is -0.481 e. The van der Waals surface area contributed by atoms with E-state index in [2.05, 4.69) is 9.29 Å². The summed E-state index contributed by atoms with van der Waals surface area (Å²) >= 11 is 0. The van der Waals surface area contributed by atoms with Crippen molar-refractivity contribution < 1.29 is 56.4 Å². The van der Waals surface area contributed by atoms with Crippen LogP contribution in [0.5, 0.6) is 0 Å². The molecule has 4 N–H and O–H groups in total. The molecule has 5 rings (SSSR count). The molecular formula is C25H32N2O14P2. The molecule has 1 aromatic carbocycles. The van der Waals surface area contributed by atoms with E-state index in [0.29, 0.717) is 25.7 Å². The van der Waals surface area contributed by atoms with E-state index in [0.717, 1.165) is 16.2 Å². The molecule has 0 amide bonds. The van der Waals surface area contributed by atoms with Crippen LogP contribution in [0.25, 0.3) is 0 Å². The van der Waals surface area contributed by atoms with Crippen LogP contribution in [0.1, 0.15) is 43.9 Å². The van der Waals surface area contributed by atoms with Crippen molar-refractivity contribution in [3.63, 3.8) is 0 Å². The summed E-state index contributed by atoms with van der Waals surface area (Å²) in [5.74, 6) is -1.85. The predicted molar refractivity (Wildman–Crippen MR) is 145 cm³/mol. The minimum absolute atomic E-state index is 0.0624. The van der Waals surface area contributed by atoms with Crippen LogP contribution in [-0.4, -0.2) is 67.7 Å². The summed E-state index contributed by atoms with van der Waals surface area (Å²) in [6, 6.07) is 10.7. The number of aryl methyl sites for hydroxylation is 1. The molecule has 18 heteroatoms. The van der Waals surface area contributed by atoms with Gasteiger partial charge in [0.15, 0.2) is 12.5 Å². The number of phosphoric ester groups is 2. The Kier molecular flexibility index (Phi) is 9.83. The SMILES string of the molecule is O=C(O)C1CCCC(OP(=O)(O)OP(=O)(O)OCC2OC(n3ccc(=O)[nH]c3=O)C3OC(CCc4ccccc4)OC23)C1. The molecule has 3 fully saturated rings. The number of ether oxygens (including phenoxy) is 3. The van der Waals surface area contributed by atoms with Crippen LogP contribution < -0.4 is 11.2 Å². The molecule has 1 aliphatic carbocycles. The average molecular weight is 646 g/mol. The number of nitrogens with one attached hydrogen (secondary N) is 1. The molecule has 3 heterocycles. The molecule has 0 radical (unpaired) electrons. The van der Waals surface area contributed by atoms with Crippen LogP contribution in [0.15, 0.2) is 52.2 Å². The van der Waals surface area contributed by atoms with E-state index in [1.165, 1.54) is 6.20 Å². The fourth-order valence-electron chi connectivity index (χ4n) is 5.45. The Morgan fingerprint density at radius 1 is 1.02 bits per heavy atom. The van der Waals surface area contributed by atoms with Crippen LogP contribution >= 0.6 is 15.6 Å². The summed E-state index contributed by atoms with van der Waals surface area (Å²) < 4.78 is 58.6. The number of fused-ring (bicyclic) bond motifs is 1.